The number of hydrazine groups is 1. The van der Waals surface area contributed by atoms with Crippen LogP contribution in [-0.2, 0) is 4.74 Å². The molecule has 5 heteroatoms. The number of nitrogens with two attached hydrogens (primary N) is 1. The second-order valence-electron chi connectivity index (χ2n) is 5.00. The molecule has 1 aromatic carbocycles. The molecule has 1 unspecified atom stereocenters. The normalized spacial score (nSPS) is 13.2. The van der Waals surface area contributed by atoms with E-state index in [0.717, 1.165) is 12.0 Å². The van der Waals surface area contributed by atoms with Crippen molar-refractivity contribution in [2.24, 2.45) is 5.84 Å². The lowest BCUT2D eigenvalue weighted by atomic mass is 9.94. The fourth-order valence-electron chi connectivity index (χ4n) is 1.92. The highest BCUT2D eigenvalue weighted by Gasteiger charge is 2.24. The summed E-state index contributed by atoms with van der Waals surface area (Å²) in [5.41, 5.74) is 3.59. The molecule has 108 valence electrons. The van der Waals surface area contributed by atoms with Crippen molar-refractivity contribution in [1.82, 2.24) is 5.43 Å². The second-order valence-corrected chi connectivity index (χ2v) is 5.00. The first kappa shape index (κ1) is 15.8. The van der Waals surface area contributed by atoms with E-state index in [1.165, 1.54) is 0 Å². The van der Waals surface area contributed by atoms with Crippen molar-refractivity contribution in [3.05, 3.63) is 23.8 Å². The van der Waals surface area contributed by atoms with Crippen molar-refractivity contribution in [2.75, 3.05) is 21.3 Å². The first-order valence-electron chi connectivity index (χ1n) is 6.20. The van der Waals surface area contributed by atoms with Crippen LogP contribution in [0.15, 0.2) is 18.2 Å². The zero-order valence-electron chi connectivity index (χ0n) is 12.3. The third-order valence-electron chi connectivity index (χ3n) is 3.26. The highest BCUT2D eigenvalue weighted by molar-refractivity contribution is 5.43. The Balaban J connectivity index is 2.99. The lowest BCUT2D eigenvalue weighted by Crippen LogP contribution is -2.35. The Bertz CT molecular complexity index is 408. The fraction of sp³-hybridized carbons (Fsp3) is 0.571. The van der Waals surface area contributed by atoms with Gasteiger partial charge in [-0.1, -0.05) is 6.07 Å². The molecular formula is C14H24N2O3. The molecule has 0 aliphatic heterocycles. The Morgan fingerprint density at radius 1 is 1.16 bits per heavy atom. The molecular weight excluding hydrogens is 244 g/mol. The lowest BCUT2D eigenvalue weighted by molar-refractivity contribution is 0.00679. The van der Waals surface area contributed by atoms with Crippen molar-refractivity contribution < 1.29 is 14.2 Å². The van der Waals surface area contributed by atoms with Crippen molar-refractivity contribution in [2.45, 2.75) is 31.9 Å². The number of nitrogens with one attached hydrogen (secondary N) is 1. The van der Waals surface area contributed by atoms with Gasteiger partial charge in [0.25, 0.3) is 0 Å². The lowest BCUT2D eigenvalue weighted by Gasteiger charge is -2.28. The number of methoxy groups -OCH3 is 3. The molecule has 0 bridgehead atoms. The van der Waals surface area contributed by atoms with Crippen LogP contribution in [0.5, 0.6) is 11.5 Å². The van der Waals surface area contributed by atoms with E-state index >= 15 is 0 Å². The SMILES string of the molecule is COc1ccc(C(CC(C)(C)OC)NN)cc1OC. The molecule has 19 heavy (non-hydrogen) atoms. The molecule has 0 saturated heterocycles. The maximum absolute atomic E-state index is 5.65. The van der Waals surface area contributed by atoms with E-state index in [-0.39, 0.29) is 11.6 Å². The Morgan fingerprint density at radius 3 is 2.26 bits per heavy atom. The van der Waals surface area contributed by atoms with Gasteiger partial charge in [-0.25, -0.2) is 0 Å². The van der Waals surface area contributed by atoms with Crippen LogP contribution < -0.4 is 20.7 Å². The maximum atomic E-state index is 5.65. The molecule has 0 radical (unpaired) electrons. The topological polar surface area (TPSA) is 65.7 Å². The van der Waals surface area contributed by atoms with Gasteiger partial charge in [-0.2, -0.15) is 0 Å². The quantitative estimate of drug-likeness (QED) is 0.585. The molecule has 1 atom stereocenters. The number of rotatable bonds is 7. The summed E-state index contributed by atoms with van der Waals surface area (Å²) in [5.74, 6) is 7.04. The standard InChI is InChI=1S/C14H24N2O3/c1-14(2,19-5)9-11(16-15)10-6-7-12(17-3)13(8-10)18-4/h6-8,11,16H,9,15H2,1-5H3. The monoisotopic (exact) mass is 268 g/mol. The number of benzene rings is 1. The number of hydrogen-bond donors (Lipinski definition) is 2. The fourth-order valence-corrected chi connectivity index (χ4v) is 1.92. The van der Waals surface area contributed by atoms with Gasteiger partial charge in [0.1, 0.15) is 0 Å². The van der Waals surface area contributed by atoms with Crippen LogP contribution in [0, 0.1) is 0 Å². The Morgan fingerprint density at radius 2 is 1.79 bits per heavy atom. The molecule has 1 rings (SSSR count). The molecule has 0 fully saturated rings. The van der Waals surface area contributed by atoms with Crippen LogP contribution in [0.1, 0.15) is 31.9 Å². The van der Waals surface area contributed by atoms with Gasteiger partial charge in [0, 0.05) is 13.2 Å². The predicted molar refractivity (Wildman–Crippen MR) is 75.3 cm³/mol. The Labute approximate surface area is 115 Å². The van der Waals surface area contributed by atoms with Crippen LogP contribution in [0.25, 0.3) is 0 Å². The van der Waals surface area contributed by atoms with Crippen LogP contribution in [0.2, 0.25) is 0 Å². The molecule has 3 N–H and O–H groups in total. The van der Waals surface area contributed by atoms with Gasteiger partial charge in [-0.05, 0) is 38.0 Å². The highest BCUT2D eigenvalue weighted by atomic mass is 16.5. The third kappa shape index (κ3) is 4.09. The van der Waals surface area contributed by atoms with Crippen molar-refractivity contribution in [3.8, 4) is 11.5 Å². The van der Waals surface area contributed by atoms with E-state index in [1.54, 1.807) is 21.3 Å². The van der Waals surface area contributed by atoms with E-state index in [2.05, 4.69) is 5.43 Å². The molecule has 5 nitrogen and oxygen atoms in total. The summed E-state index contributed by atoms with van der Waals surface area (Å²) < 4.78 is 16.0. The minimum absolute atomic E-state index is 0.0187. The highest BCUT2D eigenvalue weighted by Crippen LogP contribution is 2.32. The smallest absolute Gasteiger partial charge is 0.161 e. The van der Waals surface area contributed by atoms with Crippen molar-refractivity contribution in [1.29, 1.82) is 0 Å². The van der Waals surface area contributed by atoms with Gasteiger partial charge in [0.15, 0.2) is 11.5 Å². The average molecular weight is 268 g/mol. The summed E-state index contributed by atoms with van der Waals surface area (Å²) in [6, 6.07) is 5.75. The summed E-state index contributed by atoms with van der Waals surface area (Å²) >= 11 is 0. The minimum Gasteiger partial charge on any atom is -0.493 e. The average Bonchev–Trinajstić information content (AvgIpc) is 2.44. The minimum atomic E-state index is -0.260. The zero-order valence-corrected chi connectivity index (χ0v) is 12.3. The Hall–Kier alpha value is -1.30. The van der Waals surface area contributed by atoms with E-state index < -0.39 is 0 Å². The maximum Gasteiger partial charge on any atom is 0.161 e. The van der Waals surface area contributed by atoms with Gasteiger partial charge in [0.2, 0.25) is 0 Å². The van der Waals surface area contributed by atoms with E-state index in [9.17, 15) is 0 Å². The predicted octanol–water partition coefficient (Wildman–Crippen LogP) is 2.02. The van der Waals surface area contributed by atoms with Crippen LogP contribution in [0.3, 0.4) is 0 Å². The molecule has 0 saturated carbocycles. The first-order chi connectivity index (χ1) is 8.97. The molecule has 0 aliphatic rings. The van der Waals surface area contributed by atoms with Crippen LogP contribution in [-0.4, -0.2) is 26.9 Å². The Kier molecular flexibility index (Phi) is 5.60. The first-order valence-corrected chi connectivity index (χ1v) is 6.20. The molecule has 0 heterocycles. The third-order valence-corrected chi connectivity index (χ3v) is 3.26. The van der Waals surface area contributed by atoms with Gasteiger partial charge in [-0.15, -0.1) is 0 Å². The molecule has 0 aromatic heterocycles. The molecule has 1 aromatic rings. The number of ether oxygens (including phenoxy) is 3. The van der Waals surface area contributed by atoms with Gasteiger partial charge in [-0.3, -0.25) is 11.3 Å². The molecule has 0 spiro atoms. The summed E-state index contributed by atoms with van der Waals surface area (Å²) in [6.45, 7) is 4.05. The summed E-state index contributed by atoms with van der Waals surface area (Å²) in [5, 5.41) is 0. The zero-order chi connectivity index (χ0) is 14.5. The van der Waals surface area contributed by atoms with Crippen LogP contribution >= 0.6 is 0 Å². The van der Waals surface area contributed by atoms with Gasteiger partial charge < -0.3 is 14.2 Å². The summed E-state index contributed by atoms with van der Waals surface area (Å²) in [7, 11) is 4.93. The van der Waals surface area contributed by atoms with Gasteiger partial charge >= 0.3 is 0 Å². The van der Waals surface area contributed by atoms with Crippen molar-refractivity contribution in [3.63, 3.8) is 0 Å². The van der Waals surface area contributed by atoms with Crippen molar-refractivity contribution >= 4 is 0 Å². The second kappa shape index (κ2) is 6.75. The summed E-state index contributed by atoms with van der Waals surface area (Å²) in [6.07, 6.45) is 0.746. The molecule has 0 aliphatic carbocycles. The summed E-state index contributed by atoms with van der Waals surface area (Å²) in [4.78, 5) is 0. The van der Waals surface area contributed by atoms with Crippen LogP contribution in [0.4, 0.5) is 0 Å². The van der Waals surface area contributed by atoms with E-state index in [4.69, 9.17) is 20.1 Å². The van der Waals surface area contributed by atoms with Gasteiger partial charge in [0.05, 0.1) is 19.8 Å². The molecule has 0 amide bonds. The van der Waals surface area contributed by atoms with E-state index in [0.29, 0.717) is 11.5 Å². The largest absolute Gasteiger partial charge is 0.493 e. The number of hydrogen-bond acceptors (Lipinski definition) is 5. The van der Waals surface area contributed by atoms with E-state index in [1.807, 2.05) is 32.0 Å².